The van der Waals surface area contributed by atoms with Gasteiger partial charge in [-0.2, -0.15) is 0 Å². The van der Waals surface area contributed by atoms with Crippen LogP contribution in [0.2, 0.25) is 0 Å². The first-order valence-corrected chi connectivity index (χ1v) is 12.9. The third kappa shape index (κ3) is 15.0. The van der Waals surface area contributed by atoms with Crippen LogP contribution in [-0.4, -0.2) is 35.5 Å². The summed E-state index contributed by atoms with van der Waals surface area (Å²) >= 11 is 7.51. The van der Waals surface area contributed by atoms with Crippen molar-refractivity contribution < 1.29 is 24.0 Å². The molecule has 126 valence electrons. The number of amidine groups is 2. The topological polar surface area (TPSA) is 120 Å². The van der Waals surface area contributed by atoms with Gasteiger partial charge >= 0.3 is 72.6 Å². The molecular weight excluding hydrogens is 553 g/mol. The summed E-state index contributed by atoms with van der Waals surface area (Å²) in [5, 5.41) is 27.8. The zero-order valence-corrected chi connectivity index (χ0v) is 17.3. The van der Waals surface area contributed by atoms with Crippen molar-refractivity contribution in [1.82, 2.24) is 0 Å². The van der Waals surface area contributed by atoms with Gasteiger partial charge in [-0.05, 0) is 24.3 Å². The van der Waals surface area contributed by atoms with Crippen LogP contribution in [0.5, 0.6) is 0 Å². The minimum atomic E-state index is 0.0347. The van der Waals surface area contributed by atoms with E-state index in [9.17, 15) is 0 Å². The summed E-state index contributed by atoms with van der Waals surface area (Å²) in [5.41, 5.74) is 0.347. The van der Waals surface area contributed by atoms with Gasteiger partial charge in [0.15, 0.2) is 11.7 Å². The molecule has 0 saturated heterocycles. The van der Waals surface area contributed by atoms with Gasteiger partial charge in [0.25, 0.3) is 0 Å². The molecule has 2 heterocycles. The van der Waals surface area contributed by atoms with Crippen LogP contribution in [0.3, 0.4) is 0 Å². The number of dihydropyridines is 2. The molecule has 2 rings (SSSR count). The fraction of sp³-hybridized carbons (Fsp3) is 0. The molecule has 0 radical (unpaired) electrons. The van der Waals surface area contributed by atoms with Crippen LogP contribution >= 0.6 is 48.6 Å². The van der Waals surface area contributed by atoms with E-state index in [0.29, 0.717) is 12.9 Å². The van der Waals surface area contributed by atoms with Gasteiger partial charge in [-0.1, -0.05) is 0 Å². The van der Waals surface area contributed by atoms with E-state index in [1.165, 1.54) is 24.6 Å². The van der Waals surface area contributed by atoms with Crippen molar-refractivity contribution in [3.8, 4) is 0 Å². The maximum absolute atomic E-state index is 6.97. The Morgan fingerprint density at radius 2 is 1.09 bits per heavy atom. The molecule has 0 spiro atoms. The van der Waals surface area contributed by atoms with E-state index in [0.717, 1.165) is 11.1 Å². The first-order valence-electron chi connectivity index (χ1n) is 4.88. The minimum absolute atomic E-state index is 0.0347. The average molecular weight is 563 g/mol. The summed E-state index contributed by atoms with van der Waals surface area (Å²) in [6, 6.07) is 0. The molecule has 0 saturated carbocycles. The van der Waals surface area contributed by atoms with Gasteiger partial charge in [-0.3, -0.25) is 21.6 Å². The summed E-state index contributed by atoms with van der Waals surface area (Å²) in [6.45, 7) is 0. The molecule has 6 nitrogen and oxygen atoms in total. The van der Waals surface area contributed by atoms with Crippen LogP contribution in [0.25, 0.3) is 0 Å². The Morgan fingerprint density at radius 3 is 1.23 bits per heavy atom. The molecule has 0 aliphatic carbocycles. The van der Waals surface area contributed by atoms with Gasteiger partial charge in [-0.15, -0.1) is 0 Å². The SMILES string of the molecule is N=C1C=CC=NC1=N.N=C1C=CC=NC1=N.[Br][Co][Br].[Cl][Co][Cl]. The van der Waals surface area contributed by atoms with E-state index < -0.39 is 0 Å². The second-order valence-electron chi connectivity index (χ2n) is 2.89. The van der Waals surface area contributed by atoms with Gasteiger partial charge in [0.1, 0.15) is 0 Å². The number of allylic oxidation sites excluding steroid dienone is 2. The van der Waals surface area contributed by atoms with Crippen LogP contribution in [-0.2, 0) is 24.0 Å². The Hall–Kier alpha value is 0.0530. The van der Waals surface area contributed by atoms with Gasteiger partial charge in [-0.25, -0.2) is 9.98 Å². The molecule has 12 heteroatoms. The van der Waals surface area contributed by atoms with Crippen molar-refractivity contribution in [2.45, 2.75) is 0 Å². The summed E-state index contributed by atoms with van der Waals surface area (Å²) < 4.78 is 0. The van der Waals surface area contributed by atoms with Crippen molar-refractivity contribution in [3.63, 3.8) is 0 Å². The number of nitrogens with one attached hydrogen (secondary N) is 4. The number of nitrogens with zero attached hydrogens (tertiary/aromatic N) is 2. The molecule has 0 amide bonds. The quantitative estimate of drug-likeness (QED) is 0.336. The fourth-order valence-corrected chi connectivity index (χ4v) is 0.811. The van der Waals surface area contributed by atoms with Crippen LogP contribution in [0.1, 0.15) is 0 Å². The molecule has 0 aromatic heterocycles. The third-order valence-electron chi connectivity index (χ3n) is 1.62. The Labute approximate surface area is 162 Å². The normalized spacial score (nSPS) is 14.7. The zero-order chi connectivity index (χ0) is 17.4. The molecule has 22 heavy (non-hydrogen) atoms. The van der Waals surface area contributed by atoms with Gasteiger partial charge in [0.05, 0.1) is 11.4 Å². The molecule has 4 N–H and O–H groups in total. The summed E-state index contributed by atoms with van der Waals surface area (Å²) in [7, 11) is 9.47. The van der Waals surface area contributed by atoms with Crippen molar-refractivity contribution >= 4 is 84.2 Å². The molecule has 0 aromatic rings. The average Bonchev–Trinajstić information content (AvgIpc) is 2.48. The van der Waals surface area contributed by atoms with E-state index in [-0.39, 0.29) is 23.1 Å². The number of hydrogen-bond acceptors (Lipinski definition) is 4. The van der Waals surface area contributed by atoms with E-state index in [1.807, 2.05) is 0 Å². The number of halogens is 4. The van der Waals surface area contributed by atoms with E-state index >= 15 is 0 Å². The summed E-state index contributed by atoms with van der Waals surface area (Å²) in [4.78, 5) is 7.12. The molecule has 2 aliphatic rings. The first kappa shape index (κ1) is 24.3. The molecule has 0 unspecified atom stereocenters. The van der Waals surface area contributed by atoms with Crippen molar-refractivity contribution in [3.05, 3.63) is 24.3 Å². The van der Waals surface area contributed by atoms with Crippen LogP contribution in [0.4, 0.5) is 0 Å². The predicted octanol–water partition coefficient (Wildman–Crippen LogP) is 4.31. The zero-order valence-electron chi connectivity index (χ0n) is 10.5. The molecule has 0 aromatic carbocycles. The molecule has 0 fully saturated rings. The number of hydrogen-bond donors (Lipinski definition) is 4. The second-order valence-corrected chi connectivity index (χ2v) is 9.87. The summed E-state index contributed by atoms with van der Waals surface area (Å²) in [6.07, 6.45) is 9.35. The van der Waals surface area contributed by atoms with Crippen LogP contribution in [0.15, 0.2) is 34.3 Å². The first-order chi connectivity index (χ1) is 10.4. The Kier molecular flexibility index (Phi) is 19.2. The van der Waals surface area contributed by atoms with E-state index in [1.54, 1.807) is 12.2 Å². The van der Waals surface area contributed by atoms with Crippen LogP contribution < -0.4 is 0 Å². The number of rotatable bonds is 0. The van der Waals surface area contributed by atoms with E-state index in [2.05, 4.69) is 38.3 Å². The Bertz CT molecular complexity index is 430. The Balaban J connectivity index is 0. The third-order valence-corrected chi connectivity index (χ3v) is 1.62. The molecular formula is C10H10Br2Cl2Co2N6. The predicted molar refractivity (Wildman–Crippen MR) is 95.7 cm³/mol. The standard InChI is InChI=1S/2C5H5N3.2BrH.2ClH.2Co/c2*6-4-2-1-3-8-5(4)7;;;;;;/h2*1-3,6-7H;4*1H;;/q;;;;;;2*+2/p-4. The van der Waals surface area contributed by atoms with Crippen molar-refractivity contribution in [2.24, 2.45) is 9.98 Å². The van der Waals surface area contributed by atoms with Crippen molar-refractivity contribution in [1.29, 1.82) is 21.6 Å². The van der Waals surface area contributed by atoms with Gasteiger partial charge in [0, 0.05) is 12.4 Å². The van der Waals surface area contributed by atoms with Crippen LogP contribution in [0, 0.1) is 21.6 Å². The number of aliphatic imine (C=N–C) groups is 2. The second kappa shape index (κ2) is 17.4. The fourth-order valence-electron chi connectivity index (χ4n) is 0.811. The van der Waals surface area contributed by atoms with Gasteiger partial charge in [0.2, 0.25) is 0 Å². The molecule has 0 atom stereocenters. The molecule has 2 aliphatic heterocycles. The van der Waals surface area contributed by atoms with E-state index in [4.69, 9.17) is 41.9 Å². The molecule has 0 bridgehead atoms. The van der Waals surface area contributed by atoms with Crippen molar-refractivity contribution in [2.75, 3.05) is 0 Å². The Morgan fingerprint density at radius 1 is 0.818 bits per heavy atom. The van der Waals surface area contributed by atoms with Gasteiger partial charge < -0.3 is 0 Å². The monoisotopic (exact) mass is 560 g/mol. The summed E-state index contributed by atoms with van der Waals surface area (Å²) in [5.74, 6) is 0.0694. The maximum atomic E-state index is 6.97.